The zero-order chi connectivity index (χ0) is 13.7. The number of amides is 1. The first-order valence-electron chi connectivity index (χ1n) is 6.45. The molecule has 0 aromatic heterocycles. The molecule has 1 amide bonds. The quantitative estimate of drug-likeness (QED) is 0.803. The van der Waals surface area contributed by atoms with Crippen LogP contribution in [-0.2, 0) is 11.2 Å². The minimum Gasteiger partial charge on any atom is -0.496 e. The van der Waals surface area contributed by atoms with Gasteiger partial charge in [0.15, 0.2) is 0 Å². The van der Waals surface area contributed by atoms with Gasteiger partial charge in [-0.15, -0.1) is 0 Å². The lowest BCUT2D eigenvalue weighted by molar-refractivity contribution is -0.130. The summed E-state index contributed by atoms with van der Waals surface area (Å²) in [5.41, 5.74) is 3.22. The first-order valence-corrected chi connectivity index (χ1v) is 6.45. The van der Waals surface area contributed by atoms with Crippen molar-refractivity contribution in [2.45, 2.75) is 34.1 Å². The van der Waals surface area contributed by atoms with Crippen molar-refractivity contribution in [2.75, 3.05) is 20.2 Å². The Bertz CT molecular complexity index is 423. The van der Waals surface area contributed by atoms with Crippen LogP contribution in [0.15, 0.2) is 12.1 Å². The third-order valence-corrected chi connectivity index (χ3v) is 3.16. The molecule has 0 fully saturated rings. The molecule has 1 aromatic carbocycles. The molecule has 0 aliphatic rings. The van der Waals surface area contributed by atoms with Crippen LogP contribution in [-0.4, -0.2) is 31.0 Å². The maximum Gasteiger partial charge on any atom is 0.227 e. The molecule has 0 aliphatic heterocycles. The monoisotopic (exact) mass is 249 g/mol. The van der Waals surface area contributed by atoms with Gasteiger partial charge in [-0.2, -0.15) is 0 Å². The van der Waals surface area contributed by atoms with Crippen molar-refractivity contribution in [3.8, 4) is 5.75 Å². The maximum atomic E-state index is 12.1. The summed E-state index contributed by atoms with van der Waals surface area (Å²) in [5, 5.41) is 0. The van der Waals surface area contributed by atoms with Gasteiger partial charge in [-0.05, 0) is 33.3 Å². The molecule has 1 rings (SSSR count). The first kappa shape index (κ1) is 14.6. The predicted octanol–water partition coefficient (Wildman–Crippen LogP) is 2.72. The van der Waals surface area contributed by atoms with Gasteiger partial charge in [0.25, 0.3) is 0 Å². The summed E-state index contributed by atoms with van der Waals surface area (Å²) in [7, 11) is 1.66. The first-order chi connectivity index (χ1) is 8.53. The van der Waals surface area contributed by atoms with E-state index in [2.05, 4.69) is 6.07 Å². The molecule has 0 N–H and O–H groups in total. The van der Waals surface area contributed by atoms with E-state index in [-0.39, 0.29) is 5.91 Å². The zero-order valence-electron chi connectivity index (χ0n) is 12.0. The van der Waals surface area contributed by atoms with Crippen LogP contribution in [0.5, 0.6) is 5.75 Å². The Morgan fingerprint density at radius 3 is 2.33 bits per heavy atom. The van der Waals surface area contributed by atoms with Crippen LogP contribution >= 0.6 is 0 Å². The van der Waals surface area contributed by atoms with Gasteiger partial charge in [-0.25, -0.2) is 0 Å². The van der Waals surface area contributed by atoms with Crippen LogP contribution in [0.3, 0.4) is 0 Å². The zero-order valence-corrected chi connectivity index (χ0v) is 12.0. The fourth-order valence-corrected chi connectivity index (χ4v) is 2.32. The lowest BCUT2D eigenvalue weighted by Crippen LogP contribution is -2.31. The summed E-state index contributed by atoms with van der Waals surface area (Å²) >= 11 is 0. The number of hydrogen-bond acceptors (Lipinski definition) is 2. The molecule has 3 heteroatoms. The number of aryl methyl sites for hydroxylation is 2. The predicted molar refractivity (Wildman–Crippen MR) is 74.1 cm³/mol. The summed E-state index contributed by atoms with van der Waals surface area (Å²) < 4.78 is 5.41. The Kier molecular flexibility index (Phi) is 5.20. The number of methoxy groups -OCH3 is 1. The molecule has 0 saturated heterocycles. The molecular weight excluding hydrogens is 226 g/mol. The van der Waals surface area contributed by atoms with E-state index in [1.54, 1.807) is 7.11 Å². The number of ether oxygens (including phenoxy) is 1. The van der Waals surface area contributed by atoms with Gasteiger partial charge in [-0.1, -0.05) is 17.7 Å². The second kappa shape index (κ2) is 6.43. The van der Waals surface area contributed by atoms with Crippen LogP contribution in [0.2, 0.25) is 0 Å². The molecule has 0 unspecified atom stereocenters. The molecule has 0 bridgehead atoms. The van der Waals surface area contributed by atoms with Gasteiger partial charge < -0.3 is 9.64 Å². The van der Waals surface area contributed by atoms with Gasteiger partial charge in [0.2, 0.25) is 5.91 Å². The minimum absolute atomic E-state index is 0.156. The van der Waals surface area contributed by atoms with E-state index < -0.39 is 0 Å². The van der Waals surface area contributed by atoms with E-state index in [0.717, 1.165) is 35.5 Å². The fraction of sp³-hybridized carbons (Fsp3) is 0.533. The second-order valence-corrected chi connectivity index (χ2v) is 4.52. The van der Waals surface area contributed by atoms with E-state index in [0.29, 0.717) is 6.42 Å². The minimum atomic E-state index is 0.156. The van der Waals surface area contributed by atoms with Crippen molar-refractivity contribution in [1.82, 2.24) is 4.90 Å². The number of carbonyl (C=O) groups is 1. The lowest BCUT2D eigenvalue weighted by Gasteiger charge is -2.20. The molecule has 0 aliphatic carbocycles. The van der Waals surface area contributed by atoms with Crippen LogP contribution in [0.25, 0.3) is 0 Å². The highest BCUT2D eigenvalue weighted by molar-refractivity contribution is 5.79. The highest BCUT2D eigenvalue weighted by atomic mass is 16.5. The molecule has 18 heavy (non-hydrogen) atoms. The molecule has 0 spiro atoms. The van der Waals surface area contributed by atoms with Crippen molar-refractivity contribution >= 4 is 5.91 Å². The Balaban J connectivity index is 2.99. The van der Waals surface area contributed by atoms with E-state index in [1.165, 1.54) is 0 Å². The summed E-state index contributed by atoms with van der Waals surface area (Å²) in [6.07, 6.45) is 0.410. The van der Waals surface area contributed by atoms with Crippen molar-refractivity contribution in [3.63, 3.8) is 0 Å². The summed E-state index contributed by atoms with van der Waals surface area (Å²) in [6.45, 7) is 9.56. The van der Waals surface area contributed by atoms with Crippen molar-refractivity contribution in [3.05, 3.63) is 28.8 Å². The van der Waals surface area contributed by atoms with Crippen molar-refractivity contribution in [2.24, 2.45) is 0 Å². The third kappa shape index (κ3) is 3.25. The number of likely N-dealkylation sites (N-methyl/N-ethyl adjacent to an activating group) is 1. The van der Waals surface area contributed by atoms with E-state index in [9.17, 15) is 4.79 Å². The van der Waals surface area contributed by atoms with Gasteiger partial charge >= 0.3 is 0 Å². The van der Waals surface area contributed by atoms with E-state index >= 15 is 0 Å². The summed E-state index contributed by atoms with van der Waals surface area (Å²) in [4.78, 5) is 14.0. The average Bonchev–Trinajstić information content (AvgIpc) is 2.30. The van der Waals surface area contributed by atoms with E-state index in [1.807, 2.05) is 38.7 Å². The SMILES string of the molecule is CCN(CC)C(=O)Cc1cc(C)cc(C)c1OC. The van der Waals surface area contributed by atoms with Crippen molar-refractivity contribution < 1.29 is 9.53 Å². The van der Waals surface area contributed by atoms with Gasteiger partial charge in [0, 0.05) is 18.7 Å². The number of carbonyl (C=O) groups excluding carboxylic acids is 1. The average molecular weight is 249 g/mol. The number of nitrogens with zero attached hydrogens (tertiary/aromatic N) is 1. The topological polar surface area (TPSA) is 29.5 Å². The third-order valence-electron chi connectivity index (χ3n) is 3.16. The van der Waals surface area contributed by atoms with Gasteiger partial charge in [-0.3, -0.25) is 4.79 Å². The molecule has 0 saturated carbocycles. The second-order valence-electron chi connectivity index (χ2n) is 4.52. The molecule has 0 atom stereocenters. The van der Waals surface area contributed by atoms with Gasteiger partial charge in [0.1, 0.15) is 5.75 Å². The Labute approximate surface area is 110 Å². The number of benzene rings is 1. The number of rotatable bonds is 5. The maximum absolute atomic E-state index is 12.1. The lowest BCUT2D eigenvalue weighted by atomic mass is 10.0. The molecular formula is C15H23NO2. The highest BCUT2D eigenvalue weighted by Gasteiger charge is 2.15. The Hall–Kier alpha value is -1.51. The summed E-state index contributed by atoms with van der Waals surface area (Å²) in [6, 6.07) is 4.11. The number of hydrogen-bond donors (Lipinski definition) is 0. The van der Waals surface area contributed by atoms with E-state index in [4.69, 9.17) is 4.74 Å². The molecule has 1 aromatic rings. The smallest absolute Gasteiger partial charge is 0.227 e. The highest BCUT2D eigenvalue weighted by Crippen LogP contribution is 2.25. The standard InChI is InChI=1S/C15H23NO2/c1-6-16(7-2)14(17)10-13-9-11(3)8-12(4)15(13)18-5/h8-9H,6-7,10H2,1-5H3. The van der Waals surface area contributed by atoms with Crippen LogP contribution < -0.4 is 4.74 Å². The van der Waals surface area contributed by atoms with Gasteiger partial charge in [0.05, 0.1) is 13.5 Å². The fourth-order valence-electron chi connectivity index (χ4n) is 2.32. The summed E-state index contributed by atoms with van der Waals surface area (Å²) in [5.74, 6) is 0.990. The van der Waals surface area contributed by atoms with Crippen LogP contribution in [0.4, 0.5) is 0 Å². The Morgan fingerprint density at radius 1 is 1.22 bits per heavy atom. The molecule has 0 heterocycles. The molecule has 100 valence electrons. The normalized spacial score (nSPS) is 10.3. The van der Waals surface area contributed by atoms with Crippen LogP contribution in [0.1, 0.15) is 30.5 Å². The Morgan fingerprint density at radius 2 is 1.83 bits per heavy atom. The van der Waals surface area contributed by atoms with Crippen molar-refractivity contribution in [1.29, 1.82) is 0 Å². The molecule has 0 radical (unpaired) electrons. The largest absolute Gasteiger partial charge is 0.496 e. The van der Waals surface area contributed by atoms with Crippen LogP contribution in [0, 0.1) is 13.8 Å². The molecule has 3 nitrogen and oxygen atoms in total.